The number of nitrogens with one attached hydrogen (secondary N) is 1. The highest BCUT2D eigenvalue weighted by Gasteiger charge is 2.56. The minimum absolute atomic E-state index is 0.0784. The van der Waals surface area contributed by atoms with E-state index in [4.69, 9.17) is 9.51 Å². The average Bonchev–Trinajstić information content (AvgIpc) is 3.67. The van der Waals surface area contributed by atoms with Crippen LogP contribution in [0.5, 0.6) is 0 Å². The molecule has 0 atom stereocenters. The molecule has 2 saturated carbocycles. The van der Waals surface area contributed by atoms with Gasteiger partial charge in [0.15, 0.2) is 0 Å². The van der Waals surface area contributed by atoms with E-state index in [1.807, 2.05) is 32.2 Å². The Morgan fingerprint density at radius 3 is 2.37 bits per heavy atom. The van der Waals surface area contributed by atoms with Gasteiger partial charge in [-0.1, -0.05) is 17.3 Å². The maximum absolute atomic E-state index is 13.8. The first-order valence-corrected chi connectivity index (χ1v) is 10.8. The molecule has 2 aliphatic rings. The Bertz CT molecular complexity index is 1210. The largest absolute Gasteiger partial charge is 0.361 e. The molecule has 4 aromatic rings. The standard InChI is InChI=1S/C25H24FN3O/c1-14-23(15(2)30-29-14)16-11-21-22(13-28-24(21)27-12-16)25(17-3-4-17,18-5-6-18)19-7-9-20(26)10-8-19/h7-13,17-18H,3-6H2,1-2H3,(H,27,28). The molecule has 0 unspecified atom stereocenters. The van der Waals surface area contributed by atoms with Crippen LogP contribution < -0.4 is 0 Å². The Morgan fingerprint density at radius 1 is 1.07 bits per heavy atom. The lowest BCUT2D eigenvalue weighted by atomic mass is 9.67. The van der Waals surface area contributed by atoms with Crippen molar-refractivity contribution in [1.82, 2.24) is 15.1 Å². The SMILES string of the molecule is Cc1noc(C)c1-c1cnc2[nH]cc(C(c3ccc(F)cc3)(C3CC3)C3CC3)c2c1. The molecule has 0 aliphatic heterocycles. The Hall–Kier alpha value is -2.95. The van der Waals surface area contributed by atoms with Crippen molar-refractivity contribution in [3.63, 3.8) is 0 Å². The van der Waals surface area contributed by atoms with E-state index >= 15 is 0 Å². The van der Waals surface area contributed by atoms with E-state index in [1.54, 1.807) is 12.1 Å². The highest BCUT2D eigenvalue weighted by Crippen LogP contribution is 2.63. The molecule has 6 rings (SSSR count). The van der Waals surface area contributed by atoms with Gasteiger partial charge >= 0.3 is 0 Å². The van der Waals surface area contributed by atoms with Crippen molar-refractivity contribution in [3.8, 4) is 11.1 Å². The van der Waals surface area contributed by atoms with Gasteiger partial charge in [0.2, 0.25) is 0 Å². The number of H-pyrrole nitrogens is 1. The number of aromatic nitrogens is 3. The first-order chi connectivity index (χ1) is 14.6. The van der Waals surface area contributed by atoms with Crippen molar-refractivity contribution in [2.24, 2.45) is 11.8 Å². The molecule has 0 bridgehead atoms. The summed E-state index contributed by atoms with van der Waals surface area (Å²) in [5, 5.41) is 5.27. The van der Waals surface area contributed by atoms with E-state index < -0.39 is 0 Å². The zero-order valence-corrected chi connectivity index (χ0v) is 17.2. The minimum Gasteiger partial charge on any atom is -0.361 e. The summed E-state index contributed by atoms with van der Waals surface area (Å²) in [6.45, 7) is 3.90. The summed E-state index contributed by atoms with van der Waals surface area (Å²) in [7, 11) is 0. The van der Waals surface area contributed by atoms with Crippen molar-refractivity contribution in [3.05, 3.63) is 71.1 Å². The summed E-state index contributed by atoms with van der Waals surface area (Å²) in [6.07, 6.45) is 8.92. The number of hydrogen-bond acceptors (Lipinski definition) is 3. The molecule has 2 fully saturated rings. The van der Waals surface area contributed by atoms with Gasteiger partial charge < -0.3 is 9.51 Å². The second-order valence-electron chi connectivity index (χ2n) is 8.95. The van der Waals surface area contributed by atoms with Gasteiger partial charge in [0.25, 0.3) is 0 Å². The number of benzene rings is 1. The maximum Gasteiger partial charge on any atom is 0.141 e. The van der Waals surface area contributed by atoms with Crippen LogP contribution in [0.15, 0.2) is 47.2 Å². The smallest absolute Gasteiger partial charge is 0.141 e. The normalized spacial score (nSPS) is 17.0. The number of rotatable bonds is 5. The molecule has 152 valence electrons. The van der Waals surface area contributed by atoms with Crippen LogP contribution in [0.4, 0.5) is 4.39 Å². The van der Waals surface area contributed by atoms with E-state index in [0.717, 1.165) is 33.6 Å². The fourth-order valence-corrected chi connectivity index (χ4v) is 5.58. The van der Waals surface area contributed by atoms with Crippen molar-refractivity contribution < 1.29 is 8.91 Å². The monoisotopic (exact) mass is 401 g/mol. The molecule has 2 aliphatic carbocycles. The van der Waals surface area contributed by atoms with Crippen LogP contribution in [-0.4, -0.2) is 15.1 Å². The Kier molecular flexibility index (Phi) is 3.74. The number of nitrogens with zero attached hydrogens (tertiary/aromatic N) is 2. The van der Waals surface area contributed by atoms with Crippen LogP contribution in [0, 0.1) is 31.5 Å². The predicted octanol–water partition coefficient (Wildman–Crippen LogP) is 6.08. The topological polar surface area (TPSA) is 54.7 Å². The summed E-state index contributed by atoms with van der Waals surface area (Å²) in [6, 6.07) is 9.44. The predicted molar refractivity (Wildman–Crippen MR) is 114 cm³/mol. The molecule has 1 N–H and O–H groups in total. The Morgan fingerprint density at radius 2 is 1.77 bits per heavy atom. The summed E-state index contributed by atoms with van der Waals surface area (Å²) in [5.41, 5.74) is 6.27. The third-order valence-corrected chi connectivity index (χ3v) is 7.06. The molecule has 0 spiro atoms. The Labute approximate surface area is 174 Å². The average molecular weight is 401 g/mol. The molecular weight excluding hydrogens is 377 g/mol. The third-order valence-electron chi connectivity index (χ3n) is 7.06. The minimum atomic E-state index is -0.180. The van der Waals surface area contributed by atoms with Crippen LogP contribution in [0.2, 0.25) is 0 Å². The summed E-state index contributed by atoms with van der Waals surface area (Å²) >= 11 is 0. The highest BCUT2D eigenvalue weighted by atomic mass is 19.1. The fourth-order valence-electron chi connectivity index (χ4n) is 5.58. The van der Waals surface area contributed by atoms with Gasteiger partial charge in [0.05, 0.1) is 5.69 Å². The first kappa shape index (κ1) is 17.9. The van der Waals surface area contributed by atoms with Crippen LogP contribution in [-0.2, 0) is 5.41 Å². The zero-order chi connectivity index (χ0) is 20.5. The molecule has 30 heavy (non-hydrogen) atoms. The summed E-state index contributed by atoms with van der Waals surface area (Å²) in [4.78, 5) is 8.15. The number of halogens is 1. The van der Waals surface area contributed by atoms with Gasteiger partial charge in [-0.3, -0.25) is 0 Å². The van der Waals surface area contributed by atoms with Gasteiger partial charge in [0.1, 0.15) is 17.2 Å². The van der Waals surface area contributed by atoms with Gasteiger partial charge in [-0.15, -0.1) is 0 Å². The molecule has 3 heterocycles. The van der Waals surface area contributed by atoms with Crippen molar-refractivity contribution in [2.75, 3.05) is 0 Å². The van der Waals surface area contributed by atoms with Crippen LogP contribution in [0.25, 0.3) is 22.2 Å². The second-order valence-corrected chi connectivity index (χ2v) is 8.95. The van der Waals surface area contributed by atoms with E-state index in [9.17, 15) is 4.39 Å². The van der Waals surface area contributed by atoms with Crippen molar-refractivity contribution in [2.45, 2.75) is 44.9 Å². The van der Waals surface area contributed by atoms with E-state index in [1.165, 1.54) is 36.8 Å². The first-order valence-electron chi connectivity index (χ1n) is 10.8. The molecule has 0 saturated heterocycles. The quantitative estimate of drug-likeness (QED) is 0.441. The van der Waals surface area contributed by atoms with Gasteiger partial charge in [0, 0.05) is 34.3 Å². The molecule has 0 amide bonds. The highest BCUT2D eigenvalue weighted by molar-refractivity contribution is 5.87. The molecule has 5 heteroatoms. The lowest BCUT2D eigenvalue weighted by molar-refractivity contribution is 0.392. The number of fused-ring (bicyclic) bond motifs is 1. The van der Waals surface area contributed by atoms with Gasteiger partial charge in [-0.2, -0.15) is 0 Å². The number of aryl methyl sites for hydroxylation is 2. The van der Waals surface area contributed by atoms with Crippen LogP contribution in [0.3, 0.4) is 0 Å². The summed E-state index contributed by atoms with van der Waals surface area (Å²) < 4.78 is 19.2. The zero-order valence-electron chi connectivity index (χ0n) is 17.2. The van der Waals surface area contributed by atoms with E-state index in [2.05, 4.69) is 22.4 Å². The number of pyridine rings is 1. The molecule has 3 aromatic heterocycles. The molecular formula is C25H24FN3O. The summed E-state index contributed by atoms with van der Waals surface area (Å²) in [5.74, 6) is 1.81. The lowest BCUT2D eigenvalue weighted by Gasteiger charge is -2.35. The maximum atomic E-state index is 13.8. The molecule has 0 radical (unpaired) electrons. The molecule has 1 aromatic carbocycles. The van der Waals surface area contributed by atoms with Gasteiger partial charge in [-0.05, 0) is 80.7 Å². The number of hydrogen-bond donors (Lipinski definition) is 1. The van der Waals surface area contributed by atoms with Crippen molar-refractivity contribution in [1.29, 1.82) is 0 Å². The van der Waals surface area contributed by atoms with Gasteiger partial charge in [-0.25, -0.2) is 9.37 Å². The Balaban J connectivity index is 1.60. The fraction of sp³-hybridized carbons (Fsp3) is 0.360. The molecule has 4 nitrogen and oxygen atoms in total. The third kappa shape index (κ3) is 2.51. The number of aromatic amines is 1. The second kappa shape index (κ2) is 6.27. The lowest BCUT2D eigenvalue weighted by Crippen LogP contribution is -2.33. The van der Waals surface area contributed by atoms with Crippen molar-refractivity contribution >= 4 is 11.0 Å². The van der Waals surface area contributed by atoms with E-state index in [0.29, 0.717) is 11.8 Å². The van der Waals surface area contributed by atoms with E-state index in [-0.39, 0.29) is 11.2 Å². The van der Waals surface area contributed by atoms with Crippen LogP contribution >= 0.6 is 0 Å². The van der Waals surface area contributed by atoms with Crippen LogP contribution in [0.1, 0.15) is 48.3 Å².